The van der Waals surface area contributed by atoms with E-state index in [0.717, 1.165) is 12.3 Å². The minimum absolute atomic E-state index is 0.0647. The second-order valence-corrected chi connectivity index (χ2v) is 3.40. The highest BCUT2D eigenvalue weighted by atomic mass is 127. The van der Waals surface area contributed by atoms with E-state index in [2.05, 4.69) is 4.98 Å². The molecule has 13 heavy (non-hydrogen) atoms. The summed E-state index contributed by atoms with van der Waals surface area (Å²) in [6, 6.07) is 1.02. The third kappa shape index (κ3) is 2.53. The van der Waals surface area contributed by atoms with Gasteiger partial charge in [-0.3, -0.25) is 0 Å². The summed E-state index contributed by atoms with van der Waals surface area (Å²) in [5, 5.41) is 0. The molecule has 2 N–H and O–H groups in total. The molecule has 0 saturated carbocycles. The molecule has 0 aliphatic rings. The molecule has 2 nitrogen and oxygen atoms in total. The molecule has 72 valence electrons. The van der Waals surface area contributed by atoms with Gasteiger partial charge in [-0.25, -0.2) is 4.98 Å². The molecule has 0 unspecified atom stereocenters. The molecule has 0 saturated heterocycles. The topological polar surface area (TPSA) is 38.9 Å². The highest BCUT2D eigenvalue weighted by Gasteiger charge is 2.31. The van der Waals surface area contributed by atoms with Crippen molar-refractivity contribution in [3.05, 3.63) is 27.1 Å². The van der Waals surface area contributed by atoms with Crippen LogP contribution < -0.4 is 5.73 Å². The predicted molar refractivity (Wildman–Crippen MR) is 49.8 cm³/mol. The maximum atomic E-state index is 12.2. The minimum Gasteiger partial charge on any atom is -0.326 e. The molecule has 6 heteroatoms. The van der Waals surface area contributed by atoms with Crippen LogP contribution in [0.15, 0.2) is 12.3 Å². The average Bonchev–Trinajstić information content (AvgIpc) is 2.03. The Balaban J connectivity index is 3.14. The molecule has 0 aliphatic carbocycles. The lowest BCUT2D eigenvalue weighted by Crippen LogP contribution is -2.09. The third-order valence-corrected chi connectivity index (χ3v) is 2.43. The number of pyridine rings is 1. The second kappa shape index (κ2) is 3.79. The number of hydrogen-bond acceptors (Lipinski definition) is 2. The number of rotatable bonds is 1. The SMILES string of the molecule is NCc1cc(C(F)(F)F)cnc1I. The Morgan fingerprint density at radius 1 is 1.46 bits per heavy atom. The predicted octanol–water partition coefficient (Wildman–Crippen LogP) is 2.16. The van der Waals surface area contributed by atoms with E-state index in [1.165, 1.54) is 0 Å². The number of hydrogen-bond donors (Lipinski definition) is 1. The summed E-state index contributed by atoms with van der Waals surface area (Å²) < 4.78 is 37.0. The first kappa shape index (κ1) is 10.7. The lowest BCUT2D eigenvalue weighted by atomic mass is 10.2. The maximum Gasteiger partial charge on any atom is 0.417 e. The van der Waals surface area contributed by atoms with Crippen LogP contribution in [0.2, 0.25) is 0 Å². The Kier molecular flexibility index (Phi) is 3.12. The number of nitrogens with zero attached hydrogens (tertiary/aromatic N) is 1. The normalized spacial score (nSPS) is 11.8. The first-order chi connectivity index (χ1) is 5.95. The Labute approximate surface area is 86.5 Å². The van der Waals surface area contributed by atoms with Crippen molar-refractivity contribution in [1.82, 2.24) is 4.98 Å². The zero-order chi connectivity index (χ0) is 10.1. The van der Waals surface area contributed by atoms with Crippen LogP contribution in [0.5, 0.6) is 0 Å². The highest BCUT2D eigenvalue weighted by molar-refractivity contribution is 14.1. The molecule has 0 amide bonds. The Bertz CT molecular complexity index is 311. The van der Waals surface area contributed by atoms with Gasteiger partial charge < -0.3 is 5.73 Å². The van der Waals surface area contributed by atoms with Gasteiger partial charge in [0.25, 0.3) is 0 Å². The Morgan fingerprint density at radius 3 is 2.54 bits per heavy atom. The van der Waals surface area contributed by atoms with Crippen LogP contribution >= 0.6 is 22.6 Å². The van der Waals surface area contributed by atoms with Gasteiger partial charge in [-0.15, -0.1) is 0 Å². The van der Waals surface area contributed by atoms with Gasteiger partial charge in [0.1, 0.15) is 3.70 Å². The Hall–Kier alpha value is -0.370. The van der Waals surface area contributed by atoms with Crippen molar-refractivity contribution >= 4 is 22.6 Å². The number of nitrogens with two attached hydrogens (primary N) is 1. The minimum atomic E-state index is -4.35. The molecule has 0 spiro atoms. The first-order valence-electron chi connectivity index (χ1n) is 3.37. The summed E-state index contributed by atoms with van der Waals surface area (Å²) in [6.45, 7) is 0.0647. The van der Waals surface area contributed by atoms with Gasteiger partial charge in [0.15, 0.2) is 0 Å². The summed E-state index contributed by atoms with van der Waals surface area (Å²) in [5.41, 5.74) is 4.91. The van der Waals surface area contributed by atoms with E-state index in [1.54, 1.807) is 0 Å². The first-order valence-corrected chi connectivity index (χ1v) is 4.44. The molecule has 0 aromatic carbocycles. The van der Waals surface area contributed by atoms with Crippen molar-refractivity contribution in [2.75, 3.05) is 0 Å². The molecule has 0 fully saturated rings. The summed E-state index contributed by atoms with van der Waals surface area (Å²) in [6.07, 6.45) is -3.54. The van der Waals surface area contributed by atoms with Crippen molar-refractivity contribution in [2.24, 2.45) is 5.73 Å². The van der Waals surface area contributed by atoms with Crippen LogP contribution in [0.1, 0.15) is 11.1 Å². The monoisotopic (exact) mass is 302 g/mol. The zero-order valence-corrected chi connectivity index (χ0v) is 8.56. The number of halogens is 4. The van der Waals surface area contributed by atoms with Crippen LogP contribution in [0.3, 0.4) is 0 Å². The maximum absolute atomic E-state index is 12.2. The molecule has 0 atom stereocenters. The molecule has 0 bridgehead atoms. The molecule has 0 aliphatic heterocycles. The largest absolute Gasteiger partial charge is 0.417 e. The fraction of sp³-hybridized carbons (Fsp3) is 0.286. The molecular formula is C7H6F3IN2. The zero-order valence-electron chi connectivity index (χ0n) is 6.40. The van der Waals surface area contributed by atoms with Crippen molar-refractivity contribution in [2.45, 2.75) is 12.7 Å². The van der Waals surface area contributed by atoms with Crippen molar-refractivity contribution in [1.29, 1.82) is 0 Å². The number of alkyl halides is 3. The fourth-order valence-corrected chi connectivity index (χ4v) is 1.31. The van der Waals surface area contributed by atoms with Gasteiger partial charge >= 0.3 is 6.18 Å². The quantitative estimate of drug-likeness (QED) is 0.638. The molecular weight excluding hydrogens is 296 g/mol. The van der Waals surface area contributed by atoms with E-state index >= 15 is 0 Å². The summed E-state index contributed by atoms with van der Waals surface area (Å²) in [5.74, 6) is 0. The second-order valence-electron chi connectivity index (χ2n) is 2.38. The molecule has 0 radical (unpaired) electrons. The van der Waals surface area contributed by atoms with Gasteiger partial charge in [0.05, 0.1) is 5.56 Å². The highest BCUT2D eigenvalue weighted by Crippen LogP contribution is 2.29. The summed E-state index contributed by atoms with van der Waals surface area (Å²) in [4.78, 5) is 3.60. The molecule has 1 heterocycles. The summed E-state index contributed by atoms with van der Waals surface area (Å²) >= 11 is 1.85. The van der Waals surface area contributed by atoms with Crippen LogP contribution in [0, 0.1) is 3.70 Å². The van der Waals surface area contributed by atoms with Gasteiger partial charge in [0, 0.05) is 12.7 Å². The van der Waals surface area contributed by atoms with E-state index in [-0.39, 0.29) is 6.54 Å². The van der Waals surface area contributed by atoms with Crippen LogP contribution in [0.25, 0.3) is 0 Å². The van der Waals surface area contributed by atoms with Gasteiger partial charge in [-0.05, 0) is 34.2 Å². The smallest absolute Gasteiger partial charge is 0.326 e. The molecule has 1 aromatic rings. The van der Waals surface area contributed by atoms with Crippen molar-refractivity contribution in [3.8, 4) is 0 Å². The molecule has 1 rings (SSSR count). The van der Waals surface area contributed by atoms with E-state index in [1.807, 2.05) is 22.6 Å². The van der Waals surface area contributed by atoms with Gasteiger partial charge in [-0.1, -0.05) is 0 Å². The lowest BCUT2D eigenvalue weighted by Gasteiger charge is -2.08. The lowest BCUT2D eigenvalue weighted by molar-refractivity contribution is -0.137. The molecule has 1 aromatic heterocycles. The van der Waals surface area contributed by atoms with Crippen molar-refractivity contribution < 1.29 is 13.2 Å². The van der Waals surface area contributed by atoms with Gasteiger partial charge in [0.2, 0.25) is 0 Å². The van der Waals surface area contributed by atoms with Crippen LogP contribution in [-0.2, 0) is 12.7 Å². The van der Waals surface area contributed by atoms with E-state index in [9.17, 15) is 13.2 Å². The van der Waals surface area contributed by atoms with Crippen LogP contribution in [0.4, 0.5) is 13.2 Å². The third-order valence-electron chi connectivity index (χ3n) is 1.46. The van der Waals surface area contributed by atoms with E-state index < -0.39 is 11.7 Å². The average molecular weight is 302 g/mol. The van der Waals surface area contributed by atoms with Crippen LogP contribution in [-0.4, -0.2) is 4.98 Å². The van der Waals surface area contributed by atoms with Gasteiger partial charge in [-0.2, -0.15) is 13.2 Å². The van der Waals surface area contributed by atoms with E-state index in [4.69, 9.17) is 5.73 Å². The summed E-state index contributed by atoms with van der Waals surface area (Å²) in [7, 11) is 0. The van der Waals surface area contributed by atoms with Crippen molar-refractivity contribution in [3.63, 3.8) is 0 Å². The van der Waals surface area contributed by atoms with E-state index in [0.29, 0.717) is 9.26 Å². The standard InChI is InChI=1S/C7H6F3IN2/c8-7(9,10)5-1-4(2-12)6(11)13-3-5/h1,3H,2,12H2. The Morgan fingerprint density at radius 2 is 2.08 bits per heavy atom. The fourth-order valence-electron chi connectivity index (χ4n) is 0.792. The number of aromatic nitrogens is 1.